The molecule has 3 rings (SSSR count). The number of aromatic nitrogens is 3. The van der Waals surface area contributed by atoms with Crippen molar-refractivity contribution in [3.63, 3.8) is 0 Å². The van der Waals surface area contributed by atoms with Gasteiger partial charge >= 0.3 is 6.18 Å². The van der Waals surface area contributed by atoms with E-state index in [1.807, 2.05) is 0 Å². The highest BCUT2D eigenvalue weighted by molar-refractivity contribution is 7.18. The average molecular weight is 350 g/mol. The molecule has 24 heavy (non-hydrogen) atoms. The Hall–Kier alpha value is -2.81. The van der Waals surface area contributed by atoms with Gasteiger partial charge < -0.3 is 5.73 Å². The van der Waals surface area contributed by atoms with Gasteiger partial charge in [-0.15, -0.1) is 11.3 Å². The van der Waals surface area contributed by atoms with Gasteiger partial charge in [-0.25, -0.2) is 4.98 Å². The average Bonchev–Trinajstić information content (AvgIpc) is 3.01. The van der Waals surface area contributed by atoms with Gasteiger partial charge in [0.05, 0.1) is 22.8 Å². The molecule has 0 atom stereocenters. The molecule has 0 fully saturated rings. The van der Waals surface area contributed by atoms with Gasteiger partial charge in [0.15, 0.2) is 0 Å². The second kappa shape index (κ2) is 6.00. The van der Waals surface area contributed by atoms with Crippen LogP contribution in [0.5, 0.6) is 0 Å². The quantitative estimate of drug-likeness (QED) is 0.785. The minimum atomic E-state index is -4.48. The van der Waals surface area contributed by atoms with Gasteiger partial charge in [0.1, 0.15) is 10.7 Å². The van der Waals surface area contributed by atoms with E-state index >= 15 is 0 Å². The first-order chi connectivity index (χ1) is 11.4. The van der Waals surface area contributed by atoms with Crippen molar-refractivity contribution in [3.05, 3.63) is 54.0 Å². The molecule has 2 heterocycles. The molecule has 2 N–H and O–H groups in total. The van der Waals surface area contributed by atoms with Gasteiger partial charge in [0, 0.05) is 5.56 Å². The summed E-state index contributed by atoms with van der Waals surface area (Å²) in [5.74, 6) is -0.813. The Morgan fingerprint density at radius 2 is 1.92 bits per heavy atom. The molecule has 0 radical (unpaired) electrons. The Balaban J connectivity index is 2.14. The highest BCUT2D eigenvalue weighted by Gasteiger charge is 2.31. The van der Waals surface area contributed by atoms with Crippen LogP contribution in [0.25, 0.3) is 21.0 Å². The summed E-state index contributed by atoms with van der Waals surface area (Å²) in [5.41, 5.74) is 5.25. The lowest BCUT2D eigenvalue weighted by atomic mass is 10.1. The van der Waals surface area contributed by atoms with Crippen molar-refractivity contribution >= 4 is 17.2 Å². The maximum atomic E-state index is 12.9. The summed E-state index contributed by atoms with van der Waals surface area (Å²) in [7, 11) is 0. The summed E-state index contributed by atoms with van der Waals surface area (Å²) in [4.78, 5) is 16.1. The van der Waals surface area contributed by atoms with Crippen LogP contribution in [0.15, 0.2) is 42.7 Å². The maximum Gasteiger partial charge on any atom is 0.416 e. The molecule has 0 bridgehead atoms. The van der Waals surface area contributed by atoms with Gasteiger partial charge in [-0.3, -0.25) is 4.79 Å². The van der Waals surface area contributed by atoms with Gasteiger partial charge in [-0.1, -0.05) is 12.1 Å². The minimum Gasteiger partial charge on any atom is -0.364 e. The standard InChI is InChI=1S/C15H9F3N4OS/c16-15(17,18)10-3-1-2-8(6-10)12-11(13(19)23)22-14(24-12)9-4-5-20-21-7-9/h1-7H,(H2,19,23). The van der Waals surface area contributed by atoms with Crippen LogP contribution < -0.4 is 5.73 Å². The van der Waals surface area contributed by atoms with Crippen molar-refractivity contribution in [1.82, 2.24) is 15.2 Å². The van der Waals surface area contributed by atoms with Crippen molar-refractivity contribution in [1.29, 1.82) is 0 Å². The molecule has 0 aliphatic rings. The zero-order valence-corrected chi connectivity index (χ0v) is 12.7. The largest absolute Gasteiger partial charge is 0.416 e. The first kappa shape index (κ1) is 16.1. The molecule has 9 heteroatoms. The molecule has 0 unspecified atom stereocenters. The number of hydrogen-bond donors (Lipinski definition) is 1. The Kier molecular flexibility index (Phi) is 4.02. The van der Waals surface area contributed by atoms with Gasteiger partial charge in [-0.2, -0.15) is 23.4 Å². The lowest BCUT2D eigenvalue weighted by Gasteiger charge is -2.08. The molecule has 2 aromatic heterocycles. The number of alkyl halides is 3. The molecule has 1 aromatic carbocycles. The summed E-state index contributed by atoms with van der Waals surface area (Å²) >= 11 is 1.07. The lowest BCUT2D eigenvalue weighted by molar-refractivity contribution is -0.137. The highest BCUT2D eigenvalue weighted by Crippen LogP contribution is 2.37. The van der Waals surface area contributed by atoms with Crippen molar-refractivity contribution in [2.45, 2.75) is 6.18 Å². The van der Waals surface area contributed by atoms with E-state index in [4.69, 9.17) is 5.73 Å². The van der Waals surface area contributed by atoms with Crippen molar-refractivity contribution in [2.24, 2.45) is 5.73 Å². The molecular weight excluding hydrogens is 341 g/mol. The normalized spacial score (nSPS) is 11.5. The third-order valence-electron chi connectivity index (χ3n) is 3.14. The Morgan fingerprint density at radius 3 is 2.54 bits per heavy atom. The topological polar surface area (TPSA) is 81.8 Å². The van der Waals surface area contributed by atoms with E-state index in [1.54, 1.807) is 6.07 Å². The molecule has 0 aliphatic heterocycles. The number of nitrogens with two attached hydrogens (primary N) is 1. The van der Waals surface area contributed by atoms with Crippen molar-refractivity contribution in [2.75, 3.05) is 0 Å². The van der Waals surface area contributed by atoms with E-state index in [2.05, 4.69) is 15.2 Å². The van der Waals surface area contributed by atoms with E-state index in [0.29, 0.717) is 10.6 Å². The zero-order chi connectivity index (χ0) is 17.3. The number of carbonyl (C=O) groups excluding carboxylic acids is 1. The van der Waals surface area contributed by atoms with Gasteiger partial charge in [-0.05, 0) is 23.8 Å². The molecule has 0 saturated carbocycles. The number of halogens is 3. The molecule has 1 amide bonds. The fraction of sp³-hybridized carbons (Fsp3) is 0.0667. The molecule has 122 valence electrons. The predicted octanol–water partition coefficient (Wildman–Crippen LogP) is 3.38. The summed E-state index contributed by atoms with van der Waals surface area (Å²) in [5, 5.41) is 7.78. The van der Waals surface area contributed by atoms with Crippen molar-refractivity contribution in [3.8, 4) is 21.0 Å². The van der Waals surface area contributed by atoms with Crippen LogP contribution in [0.4, 0.5) is 13.2 Å². The second-order valence-corrected chi connectivity index (χ2v) is 5.77. The number of amides is 1. The maximum absolute atomic E-state index is 12.9. The molecule has 0 saturated heterocycles. The van der Waals surface area contributed by atoms with Crippen LogP contribution in [0.2, 0.25) is 0 Å². The van der Waals surface area contributed by atoms with Gasteiger partial charge in [0.2, 0.25) is 0 Å². The SMILES string of the molecule is NC(=O)c1nc(-c2ccnnc2)sc1-c1cccc(C(F)(F)F)c1. The van der Waals surface area contributed by atoms with Crippen LogP contribution in [0.1, 0.15) is 16.1 Å². The fourth-order valence-electron chi connectivity index (χ4n) is 2.06. The highest BCUT2D eigenvalue weighted by atomic mass is 32.1. The smallest absolute Gasteiger partial charge is 0.364 e. The first-order valence-electron chi connectivity index (χ1n) is 6.61. The van der Waals surface area contributed by atoms with Crippen LogP contribution in [0.3, 0.4) is 0 Å². The number of thiazole rings is 1. The summed E-state index contributed by atoms with van der Waals surface area (Å²) < 4.78 is 38.7. The Morgan fingerprint density at radius 1 is 1.12 bits per heavy atom. The third-order valence-corrected chi connectivity index (χ3v) is 4.30. The van der Waals surface area contributed by atoms with Gasteiger partial charge in [0.25, 0.3) is 5.91 Å². The Bertz CT molecular complexity index is 893. The molecular formula is C15H9F3N4OS. The van der Waals surface area contributed by atoms with Crippen LogP contribution >= 0.6 is 11.3 Å². The monoisotopic (exact) mass is 350 g/mol. The third kappa shape index (κ3) is 3.11. The van der Waals surface area contributed by atoms with Crippen LogP contribution in [-0.4, -0.2) is 21.1 Å². The minimum absolute atomic E-state index is 0.0777. The number of nitrogens with zero attached hydrogens (tertiary/aromatic N) is 3. The second-order valence-electron chi connectivity index (χ2n) is 4.77. The predicted molar refractivity (Wildman–Crippen MR) is 82.1 cm³/mol. The van der Waals surface area contributed by atoms with E-state index in [0.717, 1.165) is 23.5 Å². The fourth-order valence-corrected chi connectivity index (χ4v) is 3.12. The van der Waals surface area contributed by atoms with Crippen LogP contribution in [-0.2, 0) is 6.18 Å². The van der Waals surface area contributed by atoms with E-state index in [1.165, 1.54) is 24.5 Å². The molecule has 0 aliphatic carbocycles. The molecule has 3 aromatic rings. The summed E-state index contributed by atoms with van der Waals surface area (Å²) in [6.07, 6.45) is -1.59. The lowest BCUT2D eigenvalue weighted by Crippen LogP contribution is -2.12. The van der Waals surface area contributed by atoms with Crippen molar-refractivity contribution < 1.29 is 18.0 Å². The molecule has 5 nitrogen and oxygen atoms in total. The van der Waals surface area contributed by atoms with E-state index in [9.17, 15) is 18.0 Å². The number of hydrogen-bond acceptors (Lipinski definition) is 5. The van der Waals surface area contributed by atoms with E-state index in [-0.39, 0.29) is 16.1 Å². The number of carbonyl (C=O) groups is 1. The van der Waals surface area contributed by atoms with E-state index < -0.39 is 17.6 Å². The summed E-state index contributed by atoms with van der Waals surface area (Å²) in [6, 6.07) is 6.31. The zero-order valence-electron chi connectivity index (χ0n) is 11.9. The first-order valence-corrected chi connectivity index (χ1v) is 7.43. The number of benzene rings is 1. The summed E-state index contributed by atoms with van der Waals surface area (Å²) in [6.45, 7) is 0. The number of rotatable bonds is 3. The Labute approximate surface area is 138 Å². The van der Waals surface area contributed by atoms with Crippen LogP contribution in [0, 0.1) is 0 Å². The number of primary amides is 1. The molecule has 0 spiro atoms.